The zero-order chi connectivity index (χ0) is 9.10. The van der Waals surface area contributed by atoms with E-state index in [-0.39, 0.29) is 12.5 Å². The van der Waals surface area contributed by atoms with E-state index in [4.69, 9.17) is 4.74 Å². The van der Waals surface area contributed by atoms with Crippen molar-refractivity contribution in [3.05, 3.63) is 22.4 Å². The molecule has 70 valence electrons. The molecule has 0 aromatic carbocycles. The lowest BCUT2D eigenvalue weighted by atomic mass is 10.3. The fourth-order valence-corrected chi connectivity index (χ4v) is 2.03. The summed E-state index contributed by atoms with van der Waals surface area (Å²) in [5, 5.41) is 2.03. The first-order valence-corrected chi connectivity index (χ1v) is 5.12. The van der Waals surface area contributed by atoms with Crippen LogP contribution in [0.2, 0.25) is 0 Å². The number of hydrogen-bond acceptors (Lipinski definition) is 3. The Morgan fingerprint density at radius 1 is 1.62 bits per heavy atom. The van der Waals surface area contributed by atoms with E-state index >= 15 is 0 Å². The molecule has 2 heterocycles. The van der Waals surface area contributed by atoms with Crippen LogP contribution in [0.3, 0.4) is 0 Å². The second kappa shape index (κ2) is 3.89. The quantitative estimate of drug-likeness (QED) is 0.710. The van der Waals surface area contributed by atoms with Gasteiger partial charge in [-0.1, -0.05) is 6.07 Å². The molecule has 1 aromatic heterocycles. The normalized spacial score (nSPS) is 17.8. The van der Waals surface area contributed by atoms with E-state index in [1.165, 1.54) is 4.88 Å². The Labute approximate surface area is 80.9 Å². The van der Waals surface area contributed by atoms with Gasteiger partial charge in [0.1, 0.15) is 6.61 Å². The minimum atomic E-state index is 0.0969. The third kappa shape index (κ3) is 2.08. The van der Waals surface area contributed by atoms with Crippen LogP contribution in [-0.4, -0.2) is 30.6 Å². The monoisotopic (exact) mass is 197 g/mol. The predicted octanol–water partition coefficient (Wildman–Crippen LogP) is 1.11. The maximum absolute atomic E-state index is 11.3. The summed E-state index contributed by atoms with van der Waals surface area (Å²) >= 11 is 1.68. The minimum absolute atomic E-state index is 0.0969. The Bertz CT molecular complexity index is 284. The summed E-state index contributed by atoms with van der Waals surface area (Å²) in [6.07, 6.45) is 0. The number of amides is 1. The molecule has 1 amide bonds. The van der Waals surface area contributed by atoms with Gasteiger partial charge in [-0.25, -0.2) is 0 Å². The second-order valence-electron chi connectivity index (χ2n) is 2.95. The largest absolute Gasteiger partial charge is 0.370 e. The van der Waals surface area contributed by atoms with E-state index < -0.39 is 0 Å². The van der Waals surface area contributed by atoms with Crippen LogP contribution in [-0.2, 0) is 16.1 Å². The van der Waals surface area contributed by atoms with Crippen LogP contribution < -0.4 is 0 Å². The van der Waals surface area contributed by atoms with Crippen molar-refractivity contribution in [1.82, 2.24) is 4.90 Å². The topological polar surface area (TPSA) is 29.5 Å². The Kier molecular flexibility index (Phi) is 2.61. The zero-order valence-electron chi connectivity index (χ0n) is 7.23. The molecule has 3 nitrogen and oxygen atoms in total. The van der Waals surface area contributed by atoms with E-state index in [0.29, 0.717) is 6.61 Å². The lowest BCUT2D eigenvalue weighted by Gasteiger charge is -2.26. The molecule has 2 rings (SSSR count). The SMILES string of the molecule is O=C1COCCN1Cc1cccs1. The molecule has 0 spiro atoms. The molecule has 1 aliphatic rings. The zero-order valence-corrected chi connectivity index (χ0v) is 8.05. The van der Waals surface area contributed by atoms with Crippen molar-refractivity contribution in [3.8, 4) is 0 Å². The van der Waals surface area contributed by atoms with Gasteiger partial charge in [-0.05, 0) is 11.4 Å². The first-order valence-electron chi connectivity index (χ1n) is 4.24. The highest BCUT2D eigenvalue weighted by atomic mass is 32.1. The molecule has 0 N–H and O–H groups in total. The number of carbonyl (C=O) groups excluding carboxylic acids is 1. The maximum Gasteiger partial charge on any atom is 0.248 e. The van der Waals surface area contributed by atoms with Gasteiger partial charge in [-0.3, -0.25) is 4.79 Å². The summed E-state index contributed by atoms with van der Waals surface area (Å²) in [6, 6.07) is 4.05. The molecule has 0 unspecified atom stereocenters. The minimum Gasteiger partial charge on any atom is -0.370 e. The summed E-state index contributed by atoms with van der Waals surface area (Å²) in [5.41, 5.74) is 0. The number of ether oxygens (including phenoxy) is 1. The Morgan fingerprint density at radius 3 is 3.23 bits per heavy atom. The molecule has 0 atom stereocenters. The highest BCUT2D eigenvalue weighted by molar-refractivity contribution is 7.09. The lowest BCUT2D eigenvalue weighted by Crippen LogP contribution is -2.40. The number of morpholine rings is 1. The number of rotatable bonds is 2. The number of hydrogen-bond donors (Lipinski definition) is 0. The van der Waals surface area contributed by atoms with Gasteiger partial charge in [0.25, 0.3) is 0 Å². The molecular formula is C9H11NO2S. The molecule has 1 aromatic rings. The Balaban J connectivity index is 1.97. The van der Waals surface area contributed by atoms with Crippen molar-refractivity contribution >= 4 is 17.2 Å². The summed E-state index contributed by atoms with van der Waals surface area (Å²) in [7, 11) is 0. The van der Waals surface area contributed by atoms with Crippen molar-refractivity contribution in [1.29, 1.82) is 0 Å². The van der Waals surface area contributed by atoms with E-state index in [0.717, 1.165) is 13.1 Å². The first-order chi connectivity index (χ1) is 6.36. The molecule has 1 fully saturated rings. The molecule has 1 aliphatic heterocycles. The van der Waals surface area contributed by atoms with Crippen LogP contribution in [0.5, 0.6) is 0 Å². The van der Waals surface area contributed by atoms with E-state index in [1.807, 2.05) is 22.4 Å². The van der Waals surface area contributed by atoms with E-state index in [1.54, 1.807) is 11.3 Å². The molecule has 0 saturated carbocycles. The van der Waals surface area contributed by atoms with Crippen molar-refractivity contribution in [2.45, 2.75) is 6.54 Å². The van der Waals surface area contributed by atoms with E-state index in [9.17, 15) is 4.79 Å². The van der Waals surface area contributed by atoms with Gasteiger partial charge in [0.2, 0.25) is 5.91 Å². The van der Waals surface area contributed by atoms with Crippen molar-refractivity contribution in [3.63, 3.8) is 0 Å². The van der Waals surface area contributed by atoms with Gasteiger partial charge in [0.15, 0.2) is 0 Å². The number of carbonyl (C=O) groups is 1. The third-order valence-corrected chi connectivity index (χ3v) is 2.87. The maximum atomic E-state index is 11.3. The fraction of sp³-hybridized carbons (Fsp3) is 0.444. The van der Waals surface area contributed by atoms with Crippen LogP contribution in [0.15, 0.2) is 17.5 Å². The Morgan fingerprint density at radius 2 is 2.54 bits per heavy atom. The van der Waals surface area contributed by atoms with Gasteiger partial charge in [-0.2, -0.15) is 0 Å². The molecule has 13 heavy (non-hydrogen) atoms. The smallest absolute Gasteiger partial charge is 0.248 e. The van der Waals surface area contributed by atoms with Crippen LogP contribution in [0.1, 0.15) is 4.88 Å². The predicted molar refractivity (Wildman–Crippen MR) is 50.6 cm³/mol. The average molecular weight is 197 g/mol. The Hall–Kier alpha value is -0.870. The van der Waals surface area contributed by atoms with Gasteiger partial charge >= 0.3 is 0 Å². The molecule has 4 heteroatoms. The molecule has 0 radical (unpaired) electrons. The van der Waals surface area contributed by atoms with Crippen LogP contribution in [0.25, 0.3) is 0 Å². The highest BCUT2D eigenvalue weighted by Gasteiger charge is 2.18. The number of thiophene rings is 1. The average Bonchev–Trinajstić information content (AvgIpc) is 2.61. The molecular weight excluding hydrogens is 186 g/mol. The molecule has 0 aliphatic carbocycles. The van der Waals surface area contributed by atoms with Crippen LogP contribution in [0, 0.1) is 0 Å². The van der Waals surface area contributed by atoms with Gasteiger partial charge in [0.05, 0.1) is 13.2 Å². The summed E-state index contributed by atoms with van der Waals surface area (Å²) in [4.78, 5) is 14.4. The highest BCUT2D eigenvalue weighted by Crippen LogP contribution is 2.13. The van der Waals surface area contributed by atoms with Gasteiger partial charge < -0.3 is 9.64 Å². The van der Waals surface area contributed by atoms with Crippen LogP contribution >= 0.6 is 11.3 Å². The third-order valence-electron chi connectivity index (χ3n) is 2.01. The van der Waals surface area contributed by atoms with Crippen molar-refractivity contribution in [2.24, 2.45) is 0 Å². The lowest BCUT2D eigenvalue weighted by molar-refractivity contribution is -0.143. The van der Waals surface area contributed by atoms with Gasteiger partial charge in [0, 0.05) is 11.4 Å². The summed E-state index contributed by atoms with van der Waals surface area (Å²) in [5.74, 6) is 0.0969. The van der Waals surface area contributed by atoms with Crippen molar-refractivity contribution in [2.75, 3.05) is 19.8 Å². The second-order valence-corrected chi connectivity index (χ2v) is 3.98. The summed E-state index contributed by atoms with van der Waals surface area (Å²) < 4.78 is 5.04. The van der Waals surface area contributed by atoms with Crippen molar-refractivity contribution < 1.29 is 9.53 Å². The van der Waals surface area contributed by atoms with Crippen LogP contribution in [0.4, 0.5) is 0 Å². The number of nitrogens with zero attached hydrogens (tertiary/aromatic N) is 1. The fourth-order valence-electron chi connectivity index (χ4n) is 1.31. The van der Waals surface area contributed by atoms with Gasteiger partial charge in [-0.15, -0.1) is 11.3 Å². The molecule has 0 bridgehead atoms. The first kappa shape index (κ1) is 8.72. The standard InChI is InChI=1S/C9H11NO2S/c11-9-7-12-4-3-10(9)6-8-2-1-5-13-8/h1-2,5H,3-4,6-7H2. The molecule has 1 saturated heterocycles. The van der Waals surface area contributed by atoms with E-state index in [2.05, 4.69) is 0 Å². The summed E-state index contributed by atoms with van der Waals surface area (Å²) in [6.45, 7) is 2.36.